The lowest BCUT2D eigenvalue weighted by Crippen LogP contribution is -2.21. The number of benzene rings is 2. The van der Waals surface area contributed by atoms with Gasteiger partial charge in [0.1, 0.15) is 6.42 Å². The number of carbonyl (C=O) groups excluding carboxylic acids is 3. The van der Waals surface area contributed by atoms with E-state index < -0.39 is 5.91 Å². The Kier molecular flexibility index (Phi) is 6.28. The molecule has 2 aromatic rings. The van der Waals surface area contributed by atoms with Crippen LogP contribution < -0.4 is 16.0 Å². The van der Waals surface area contributed by atoms with Crippen LogP contribution in [0.3, 0.4) is 0 Å². The predicted octanol–water partition coefficient (Wildman–Crippen LogP) is 3.17. The summed E-state index contributed by atoms with van der Waals surface area (Å²) in [5.74, 6) is -0.937. The van der Waals surface area contributed by atoms with E-state index in [2.05, 4.69) is 16.0 Å². The number of carbonyl (C=O) groups is 3. The highest BCUT2D eigenvalue weighted by Crippen LogP contribution is 2.16. The Balaban J connectivity index is 1.89. The first-order valence-electron chi connectivity index (χ1n) is 8.03. The van der Waals surface area contributed by atoms with E-state index in [-0.39, 0.29) is 18.2 Å². The van der Waals surface area contributed by atoms with Gasteiger partial charge in [0.05, 0.1) is 0 Å². The Morgan fingerprint density at radius 1 is 0.800 bits per heavy atom. The Morgan fingerprint density at radius 2 is 1.36 bits per heavy atom. The van der Waals surface area contributed by atoms with E-state index in [9.17, 15) is 14.4 Å². The molecule has 0 atom stereocenters. The number of para-hydroxylation sites is 1. The van der Waals surface area contributed by atoms with Crippen molar-refractivity contribution in [1.29, 1.82) is 0 Å². The summed E-state index contributed by atoms with van der Waals surface area (Å²) in [6.45, 7) is 3.42. The van der Waals surface area contributed by atoms with Crippen LogP contribution in [0.15, 0.2) is 48.5 Å². The molecule has 0 radical (unpaired) electrons. The van der Waals surface area contributed by atoms with Crippen LogP contribution in [-0.2, 0) is 20.8 Å². The maximum absolute atomic E-state index is 12.0. The second kappa shape index (κ2) is 8.63. The molecule has 130 valence electrons. The molecule has 25 heavy (non-hydrogen) atoms. The highest BCUT2D eigenvalue weighted by molar-refractivity contribution is 6.08. The molecule has 0 aliphatic carbocycles. The Bertz CT molecular complexity index is 770. The molecule has 6 heteroatoms. The van der Waals surface area contributed by atoms with Crippen LogP contribution in [0.5, 0.6) is 0 Å². The minimum absolute atomic E-state index is 0.166. The number of rotatable bonds is 6. The van der Waals surface area contributed by atoms with Gasteiger partial charge in [-0.1, -0.05) is 25.1 Å². The Hall–Kier alpha value is -3.15. The van der Waals surface area contributed by atoms with E-state index in [0.717, 1.165) is 17.7 Å². The largest absolute Gasteiger partial charge is 0.326 e. The van der Waals surface area contributed by atoms with Crippen LogP contribution in [0.1, 0.15) is 25.8 Å². The monoisotopic (exact) mass is 339 g/mol. The number of aryl methyl sites for hydroxylation is 1. The molecule has 0 aliphatic heterocycles. The van der Waals surface area contributed by atoms with E-state index >= 15 is 0 Å². The maximum atomic E-state index is 12.0. The third kappa shape index (κ3) is 5.76. The van der Waals surface area contributed by atoms with Crippen molar-refractivity contribution in [3.63, 3.8) is 0 Å². The standard InChI is InChI=1S/C19H21N3O3/c1-3-14-6-4-5-7-17(14)22-19(25)12-18(24)21-16-10-8-15(9-11-16)20-13(2)23/h4-11H,3,12H2,1-2H3,(H,20,23)(H,21,24)(H,22,25). The zero-order valence-corrected chi connectivity index (χ0v) is 14.3. The van der Waals surface area contributed by atoms with Gasteiger partial charge < -0.3 is 16.0 Å². The summed E-state index contributed by atoms with van der Waals surface area (Å²) in [6.07, 6.45) is 0.523. The highest BCUT2D eigenvalue weighted by atomic mass is 16.2. The van der Waals surface area contributed by atoms with E-state index in [1.54, 1.807) is 24.3 Å². The first kappa shape index (κ1) is 18.2. The van der Waals surface area contributed by atoms with Crippen molar-refractivity contribution in [2.24, 2.45) is 0 Å². The van der Waals surface area contributed by atoms with Gasteiger partial charge in [0.15, 0.2) is 0 Å². The lowest BCUT2D eigenvalue weighted by Gasteiger charge is -2.10. The second-order valence-electron chi connectivity index (χ2n) is 5.54. The fourth-order valence-corrected chi connectivity index (χ4v) is 2.34. The van der Waals surface area contributed by atoms with Gasteiger partial charge in [-0.25, -0.2) is 0 Å². The van der Waals surface area contributed by atoms with E-state index in [1.807, 2.05) is 31.2 Å². The smallest absolute Gasteiger partial charge is 0.233 e. The van der Waals surface area contributed by atoms with Crippen molar-refractivity contribution in [1.82, 2.24) is 0 Å². The third-order valence-corrected chi connectivity index (χ3v) is 3.48. The van der Waals surface area contributed by atoms with Crippen molar-refractivity contribution >= 4 is 34.8 Å². The molecule has 3 amide bonds. The van der Waals surface area contributed by atoms with Gasteiger partial charge in [0, 0.05) is 24.0 Å². The summed E-state index contributed by atoms with van der Waals surface area (Å²) in [5.41, 5.74) is 2.94. The topological polar surface area (TPSA) is 87.3 Å². The maximum Gasteiger partial charge on any atom is 0.233 e. The van der Waals surface area contributed by atoms with Crippen molar-refractivity contribution in [3.05, 3.63) is 54.1 Å². The number of hydrogen-bond acceptors (Lipinski definition) is 3. The van der Waals surface area contributed by atoms with Crippen LogP contribution in [0, 0.1) is 0 Å². The van der Waals surface area contributed by atoms with Crippen molar-refractivity contribution in [2.75, 3.05) is 16.0 Å². The lowest BCUT2D eigenvalue weighted by molar-refractivity contribution is -0.123. The molecule has 2 aromatic carbocycles. The molecule has 0 aromatic heterocycles. The molecule has 0 bridgehead atoms. The molecule has 0 fully saturated rings. The average molecular weight is 339 g/mol. The van der Waals surface area contributed by atoms with Crippen molar-refractivity contribution in [2.45, 2.75) is 26.7 Å². The van der Waals surface area contributed by atoms with Crippen molar-refractivity contribution in [3.8, 4) is 0 Å². The Morgan fingerprint density at radius 3 is 1.96 bits per heavy atom. The van der Waals surface area contributed by atoms with Gasteiger partial charge in [0.25, 0.3) is 0 Å². The molecular weight excluding hydrogens is 318 g/mol. The molecule has 0 aliphatic rings. The molecule has 0 saturated carbocycles. The molecule has 0 spiro atoms. The lowest BCUT2D eigenvalue weighted by atomic mass is 10.1. The van der Waals surface area contributed by atoms with Crippen LogP contribution in [0.4, 0.5) is 17.1 Å². The third-order valence-electron chi connectivity index (χ3n) is 3.48. The normalized spacial score (nSPS) is 10.0. The summed E-state index contributed by atoms with van der Waals surface area (Å²) in [7, 11) is 0. The van der Waals surface area contributed by atoms with Gasteiger partial charge >= 0.3 is 0 Å². The van der Waals surface area contributed by atoms with Crippen LogP contribution in [0.2, 0.25) is 0 Å². The fourth-order valence-electron chi connectivity index (χ4n) is 2.34. The number of anilines is 3. The molecule has 0 unspecified atom stereocenters. The summed E-state index contributed by atoms with van der Waals surface area (Å²) in [6, 6.07) is 14.2. The molecular formula is C19H21N3O3. The molecule has 6 nitrogen and oxygen atoms in total. The molecule has 2 rings (SSSR count). The van der Waals surface area contributed by atoms with Crippen LogP contribution in [-0.4, -0.2) is 17.7 Å². The summed E-state index contributed by atoms with van der Waals surface area (Å²) in [5, 5.41) is 8.06. The minimum atomic E-state index is -0.404. The van der Waals surface area contributed by atoms with Crippen LogP contribution >= 0.6 is 0 Å². The molecule has 0 heterocycles. The average Bonchev–Trinajstić information content (AvgIpc) is 2.56. The van der Waals surface area contributed by atoms with E-state index in [0.29, 0.717) is 11.4 Å². The first-order valence-corrected chi connectivity index (χ1v) is 8.03. The van der Waals surface area contributed by atoms with Gasteiger partial charge in [0.2, 0.25) is 17.7 Å². The number of hydrogen-bond donors (Lipinski definition) is 3. The Labute approximate surface area is 146 Å². The summed E-state index contributed by atoms with van der Waals surface area (Å²) >= 11 is 0. The van der Waals surface area contributed by atoms with Crippen LogP contribution in [0.25, 0.3) is 0 Å². The quantitative estimate of drug-likeness (QED) is 0.706. The number of amides is 3. The minimum Gasteiger partial charge on any atom is -0.326 e. The molecule has 3 N–H and O–H groups in total. The van der Waals surface area contributed by atoms with Gasteiger partial charge in [-0.15, -0.1) is 0 Å². The zero-order chi connectivity index (χ0) is 18.2. The van der Waals surface area contributed by atoms with E-state index in [1.165, 1.54) is 6.92 Å². The predicted molar refractivity (Wildman–Crippen MR) is 98.4 cm³/mol. The van der Waals surface area contributed by atoms with E-state index in [4.69, 9.17) is 0 Å². The summed E-state index contributed by atoms with van der Waals surface area (Å²) in [4.78, 5) is 35.0. The van der Waals surface area contributed by atoms with Gasteiger partial charge in [-0.3, -0.25) is 14.4 Å². The zero-order valence-electron chi connectivity index (χ0n) is 14.3. The van der Waals surface area contributed by atoms with Gasteiger partial charge in [-0.05, 0) is 42.3 Å². The second-order valence-corrected chi connectivity index (χ2v) is 5.54. The first-order chi connectivity index (χ1) is 12.0. The fraction of sp³-hybridized carbons (Fsp3) is 0.211. The number of nitrogens with one attached hydrogen (secondary N) is 3. The SMILES string of the molecule is CCc1ccccc1NC(=O)CC(=O)Nc1ccc(NC(C)=O)cc1. The molecule has 0 saturated heterocycles. The highest BCUT2D eigenvalue weighted by Gasteiger charge is 2.11. The van der Waals surface area contributed by atoms with Gasteiger partial charge in [-0.2, -0.15) is 0 Å². The van der Waals surface area contributed by atoms with Crippen molar-refractivity contribution < 1.29 is 14.4 Å². The summed E-state index contributed by atoms with van der Waals surface area (Å²) < 4.78 is 0.